The highest BCUT2D eigenvalue weighted by Gasteiger charge is 2.19. The Balaban J connectivity index is 1.81. The molecule has 1 N–H and O–H groups in total. The first-order chi connectivity index (χ1) is 12.2. The Kier molecular flexibility index (Phi) is 4.15. The third kappa shape index (κ3) is 3.23. The van der Waals surface area contributed by atoms with Crippen molar-refractivity contribution in [2.45, 2.75) is 6.54 Å². The number of rotatable bonds is 3. The van der Waals surface area contributed by atoms with Crippen LogP contribution in [0.2, 0.25) is 0 Å². The molecule has 1 saturated heterocycles. The molecule has 0 atom stereocenters. The van der Waals surface area contributed by atoms with Crippen molar-refractivity contribution in [3.8, 4) is 11.3 Å². The van der Waals surface area contributed by atoms with E-state index in [0.717, 1.165) is 28.8 Å². The van der Waals surface area contributed by atoms with Crippen molar-refractivity contribution in [3.63, 3.8) is 0 Å². The summed E-state index contributed by atoms with van der Waals surface area (Å²) in [7, 11) is 0. The third-order valence-electron chi connectivity index (χ3n) is 4.43. The van der Waals surface area contributed by atoms with Crippen molar-refractivity contribution in [2.24, 2.45) is 0 Å². The Morgan fingerprint density at radius 1 is 1.12 bits per heavy atom. The predicted molar refractivity (Wildman–Crippen MR) is 95.4 cm³/mol. The van der Waals surface area contributed by atoms with Crippen molar-refractivity contribution in [3.05, 3.63) is 66.0 Å². The van der Waals surface area contributed by atoms with E-state index >= 15 is 0 Å². The highest BCUT2D eigenvalue weighted by molar-refractivity contribution is 5.84. The lowest BCUT2D eigenvalue weighted by Crippen LogP contribution is -2.47. The van der Waals surface area contributed by atoms with Crippen molar-refractivity contribution in [1.82, 2.24) is 15.2 Å². The maximum Gasteiger partial charge on any atom is 0.234 e. The largest absolute Gasteiger partial charge is 0.354 e. The van der Waals surface area contributed by atoms with E-state index < -0.39 is 0 Å². The van der Waals surface area contributed by atoms with E-state index in [9.17, 15) is 9.18 Å². The van der Waals surface area contributed by atoms with Gasteiger partial charge in [-0.05, 0) is 17.7 Å². The highest BCUT2D eigenvalue weighted by atomic mass is 19.1. The molecule has 4 rings (SSSR count). The molecule has 1 amide bonds. The summed E-state index contributed by atoms with van der Waals surface area (Å²) in [5, 5.41) is 3.61. The summed E-state index contributed by atoms with van der Waals surface area (Å²) in [6.07, 6.45) is 0. The first-order valence-electron chi connectivity index (χ1n) is 8.33. The van der Waals surface area contributed by atoms with Gasteiger partial charge < -0.3 is 5.32 Å². The fourth-order valence-electron chi connectivity index (χ4n) is 3.24. The lowest BCUT2D eigenvalue weighted by Gasteiger charge is -2.27. The number of benzene rings is 2. The summed E-state index contributed by atoms with van der Waals surface area (Å²) in [5.41, 5.74) is 3.09. The van der Waals surface area contributed by atoms with Gasteiger partial charge in [0.05, 0.1) is 12.2 Å². The number of nitrogens with one attached hydrogen (secondary N) is 1. The lowest BCUT2D eigenvalue weighted by molar-refractivity contribution is -0.124. The van der Waals surface area contributed by atoms with Crippen LogP contribution in [0.4, 0.5) is 4.39 Å². The summed E-state index contributed by atoms with van der Waals surface area (Å²) >= 11 is 0. The van der Waals surface area contributed by atoms with Crippen LogP contribution in [0, 0.1) is 5.82 Å². The molecule has 3 aromatic rings. The number of piperazine rings is 1. The van der Waals surface area contributed by atoms with E-state index in [1.165, 1.54) is 6.07 Å². The molecule has 1 aliphatic rings. The van der Waals surface area contributed by atoms with Crippen LogP contribution in [0.1, 0.15) is 5.56 Å². The van der Waals surface area contributed by atoms with Gasteiger partial charge in [0.15, 0.2) is 0 Å². The molecule has 25 heavy (non-hydrogen) atoms. The van der Waals surface area contributed by atoms with Crippen molar-refractivity contribution < 1.29 is 9.18 Å². The molecule has 0 aliphatic carbocycles. The van der Waals surface area contributed by atoms with Gasteiger partial charge in [0, 0.05) is 30.6 Å². The molecular weight excluding hydrogens is 317 g/mol. The molecule has 0 spiro atoms. The zero-order valence-electron chi connectivity index (χ0n) is 13.7. The standard InChI is InChI=1S/C20H18FN3O/c21-17-8-4-7-15-11-16(12-24-10-9-22-18(25)13-24)19(23-20(15)17)14-5-2-1-3-6-14/h1-8,11H,9-10,12-13H2,(H,22,25). The van der Waals surface area contributed by atoms with Crippen LogP contribution >= 0.6 is 0 Å². The van der Waals surface area contributed by atoms with Gasteiger partial charge in [-0.3, -0.25) is 9.69 Å². The number of hydrogen-bond donors (Lipinski definition) is 1. The third-order valence-corrected chi connectivity index (χ3v) is 4.43. The Morgan fingerprint density at radius 3 is 2.76 bits per heavy atom. The minimum absolute atomic E-state index is 0.0345. The van der Waals surface area contributed by atoms with E-state index in [1.54, 1.807) is 6.07 Å². The maximum absolute atomic E-state index is 14.2. The summed E-state index contributed by atoms with van der Waals surface area (Å²) in [4.78, 5) is 18.4. The molecule has 126 valence electrons. The monoisotopic (exact) mass is 335 g/mol. The summed E-state index contributed by atoms with van der Waals surface area (Å²) in [5.74, 6) is -0.286. The van der Waals surface area contributed by atoms with Crippen molar-refractivity contribution in [1.29, 1.82) is 0 Å². The average Bonchev–Trinajstić information content (AvgIpc) is 2.62. The number of fused-ring (bicyclic) bond motifs is 1. The van der Waals surface area contributed by atoms with E-state index in [4.69, 9.17) is 0 Å². The molecule has 0 bridgehead atoms. The number of nitrogens with zero attached hydrogens (tertiary/aromatic N) is 2. The van der Waals surface area contributed by atoms with E-state index in [-0.39, 0.29) is 11.7 Å². The zero-order valence-corrected chi connectivity index (χ0v) is 13.7. The lowest BCUT2D eigenvalue weighted by atomic mass is 10.0. The Labute approximate surface area is 145 Å². The maximum atomic E-state index is 14.2. The first kappa shape index (κ1) is 15.7. The number of hydrogen-bond acceptors (Lipinski definition) is 3. The minimum Gasteiger partial charge on any atom is -0.354 e. The molecular formula is C20H18FN3O. The van der Waals surface area contributed by atoms with Crippen LogP contribution in [0.3, 0.4) is 0 Å². The zero-order chi connectivity index (χ0) is 17.2. The van der Waals surface area contributed by atoms with Gasteiger partial charge in [-0.2, -0.15) is 0 Å². The molecule has 1 aliphatic heterocycles. The number of pyridine rings is 1. The average molecular weight is 335 g/mol. The number of aromatic nitrogens is 1. The number of amides is 1. The molecule has 5 heteroatoms. The number of carbonyl (C=O) groups excluding carboxylic acids is 1. The van der Waals surface area contributed by atoms with Crippen LogP contribution in [-0.2, 0) is 11.3 Å². The molecule has 0 radical (unpaired) electrons. The topological polar surface area (TPSA) is 45.2 Å². The Hall–Kier alpha value is -2.79. The fourth-order valence-corrected chi connectivity index (χ4v) is 3.24. The summed E-state index contributed by atoms with van der Waals surface area (Å²) in [6.45, 7) is 2.42. The number of para-hydroxylation sites is 1. The molecule has 0 unspecified atom stereocenters. The predicted octanol–water partition coefficient (Wildman–Crippen LogP) is 2.97. The second-order valence-electron chi connectivity index (χ2n) is 6.23. The van der Waals surface area contributed by atoms with Gasteiger partial charge in [-0.1, -0.05) is 42.5 Å². The first-order valence-corrected chi connectivity index (χ1v) is 8.33. The highest BCUT2D eigenvalue weighted by Crippen LogP contribution is 2.28. The second-order valence-corrected chi connectivity index (χ2v) is 6.23. The van der Waals surface area contributed by atoms with Crippen LogP contribution in [-0.4, -0.2) is 35.4 Å². The normalized spacial score (nSPS) is 15.3. The summed E-state index contributed by atoms with van der Waals surface area (Å²) in [6, 6.07) is 16.8. The minimum atomic E-state index is -0.321. The summed E-state index contributed by atoms with van der Waals surface area (Å²) < 4.78 is 14.2. The van der Waals surface area contributed by atoms with E-state index in [2.05, 4.69) is 15.2 Å². The quantitative estimate of drug-likeness (QED) is 0.800. The van der Waals surface area contributed by atoms with Crippen LogP contribution in [0.15, 0.2) is 54.6 Å². The Morgan fingerprint density at radius 2 is 1.96 bits per heavy atom. The van der Waals surface area contributed by atoms with Gasteiger partial charge in [0.2, 0.25) is 5.91 Å². The molecule has 4 nitrogen and oxygen atoms in total. The van der Waals surface area contributed by atoms with E-state index in [1.807, 2.05) is 42.5 Å². The van der Waals surface area contributed by atoms with Crippen molar-refractivity contribution in [2.75, 3.05) is 19.6 Å². The molecule has 2 heterocycles. The van der Waals surface area contributed by atoms with Gasteiger partial charge in [0.25, 0.3) is 0 Å². The van der Waals surface area contributed by atoms with Crippen molar-refractivity contribution >= 4 is 16.8 Å². The van der Waals surface area contributed by atoms with Crippen LogP contribution in [0.25, 0.3) is 22.2 Å². The van der Waals surface area contributed by atoms with Gasteiger partial charge in [0.1, 0.15) is 11.3 Å². The smallest absolute Gasteiger partial charge is 0.234 e. The van der Waals surface area contributed by atoms with Crippen LogP contribution < -0.4 is 5.32 Å². The second kappa shape index (κ2) is 6.61. The fraction of sp³-hybridized carbons (Fsp3) is 0.200. The molecule has 1 fully saturated rings. The SMILES string of the molecule is O=C1CN(Cc2cc3cccc(F)c3nc2-c2ccccc2)CCN1. The number of carbonyl (C=O) groups is 1. The van der Waals surface area contributed by atoms with Gasteiger partial charge in [-0.15, -0.1) is 0 Å². The Bertz CT molecular complexity index is 927. The van der Waals surface area contributed by atoms with E-state index in [0.29, 0.717) is 25.2 Å². The molecule has 2 aromatic carbocycles. The van der Waals surface area contributed by atoms with Gasteiger partial charge >= 0.3 is 0 Å². The molecule has 1 aromatic heterocycles. The van der Waals surface area contributed by atoms with Gasteiger partial charge in [-0.25, -0.2) is 9.37 Å². The molecule has 0 saturated carbocycles. The van der Waals surface area contributed by atoms with Crippen LogP contribution in [0.5, 0.6) is 0 Å². The number of halogens is 1.